The zero-order valence-corrected chi connectivity index (χ0v) is 30.6. The maximum atomic E-state index is 14.3. The van der Waals surface area contributed by atoms with Gasteiger partial charge in [-0.25, -0.2) is 4.79 Å². The molecule has 13 heteroatoms. The van der Waals surface area contributed by atoms with Crippen LogP contribution in [-0.4, -0.2) is 47.1 Å². The number of nitrogens with one attached hydrogen (secondary N) is 2. The van der Waals surface area contributed by atoms with Crippen molar-refractivity contribution in [2.45, 2.75) is 29.5 Å². The molecule has 3 amide bonds. The van der Waals surface area contributed by atoms with Crippen molar-refractivity contribution < 1.29 is 28.7 Å². The average molecular weight is 766 g/mol. The van der Waals surface area contributed by atoms with Crippen molar-refractivity contribution in [3.63, 3.8) is 0 Å². The van der Waals surface area contributed by atoms with Crippen LogP contribution in [0.1, 0.15) is 40.1 Å². The van der Waals surface area contributed by atoms with Crippen LogP contribution >= 0.6 is 34.7 Å². The molecule has 4 aromatic carbocycles. The lowest BCUT2D eigenvalue weighted by Crippen LogP contribution is -2.42. The van der Waals surface area contributed by atoms with Crippen LogP contribution in [0.25, 0.3) is 10.8 Å². The van der Waals surface area contributed by atoms with Crippen molar-refractivity contribution in [2.75, 3.05) is 23.4 Å². The average Bonchev–Trinajstić information content (AvgIpc) is 3.90. The van der Waals surface area contributed by atoms with Gasteiger partial charge in [-0.3, -0.25) is 24.1 Å². The van der Waals surface area contributed by atoms with E-state index in [2.05, 4.69) is 10.3 Å². The van der Waals surface area contributed by atoms with Gasteiger partial charge in [0.2, 0.25) is 11.8 Å². The predicted octanol–water partition coefficient (Wildman–Crippen LogP) is 7.12. The lowest BCUT2D eigenvalue weighted by molar-refractivity contribution is -0.123. The number of benzene rings is 4. The lowest BCUT2D eigenvalue weighted by Gasteiger charge is -2.43. The topological polar surface area (TPSA) is 135 Å². The number of aromatic amines is 1. The summed E-state index contributed by atoms with van der Waals surface area (Å²) in [4.78, 5) is 71.6. The van der Waals surface area contributed by atoms with Gasteiger partial charge < -0.3 is 19.8 Å². The molecule has 2 N–H and O–H groups in total. The number of thioether (sulfide) groups is 1. The van der Waals surface area contributed by atoms with E-state index in [0.29, 0.717) is 34.1 Å². The number of hydrogen-bond acceptors (Lipinski definition) is 9. The van der Waals surface area contributed by atoms with Gasteiger partial charge in [-0.2, -0.15) is 0 Å². The molecule has 7 atom stereocenters. The number of esters is 1. The first-order valence-electron chi connectivity index (χ1n) is 17.5. The number of ether oxygens (including phenoxy) is 2. The number of rotatable bonds is 8. The zero-order chi connectivity index (χ0) is 36.5. The van der Waals surface area contributed by atoms with E-state index in [1.54, 1.807) is 55.1 Å². The lowest BCUT2D eigenvalue weighted by atomic mass is 9.68. The van der Waals surface area contributed by atoms with E-state index in [0.717, 1.165) is 37.6 Å². The Balaban J connectivity index is 1.01. The fraction of sp³-hybridized carbons (Fsp3) is 0.275. The number of nitrogens with zero attached hydrogens (tertiary/aromatic N) is 1. The SMILES string of the molecule is CCOC(=O)c1ccc(N2C(=O)C3C(C2=O)[C@@H]2C[C@H]3C3Sc4[nH]c(=O)sc4[C@H](c4cc(Cl)ccc4OCC(=O)Nc4ccc5ccccc5c4)C32)cc1. The van der Waals surface area contributed by atoms with E-state index >= 15 is 0 Å². The number of anilines is 2. The quantitative estimate of drug-likeness (QED) is 0.126. The minimum absolute atomic E-state index is 0.0603. The van der Waals surface area contributed by atoms with Crippen LogP contribution in [0.3, 0.4) is 0 Å². The van der Waals surface area contributed by atoms with Crippen LogP contribution in [0.5, 0.6) is 5.75 Å². The van der Waals surface area contributed by atoms with Gasteiger partial charge in [-0.1, -0.05) is 53.3 Å². The highest BCUT2D eigenvalue weighted by Gasteiger charge is 2.70. The van der Waals surface area contributed by atoms with Crippen LogP contribution in [0.4, 0.5) is 11.4 Å². The highest BCUT2D eigenvalue weighted by Crippen LogP contribution is 2.69. The van der Waals surface area contributed by atoms with Crippen molar-refractivity contribution in [1.29, 1.82) is 0 Å². The van der Waals surface area contributed by atoms with Crippen LogP contribution < -0.4 is 19.8 Å². The van der Waals surface area contributed by atoms with Crippen molar-refractivity contribution in [3.8, 4) is 5.75 Å². The first kappa shape index (κ1) is 33.9. The van der Waals surface area contributed by atoms with Crippen molar-refractivity contribution >= 4 is 80.5 Å². The monoisotopic (exact) mass is 765 g/mol. The summed E-state index contributed by atoms with van der Waals surface area (Å²) in [5.41, 5.74) is 2.14. The molecule has 4 unspecified atom stereocenters. The van der Waals surface area contributed by atoms with E-state index in [4.69, 9.17) is 21.1 Å². The largest absolute Gasteiger partial charge is 0.483 e. The van der Waals surface area contributed by atoms with Gasteiger partial charge in [0.1, 0.15) is 5.75 Å². The summed E-state index contributed by atoms with van der Waals surface area (Å²) in [6, 6.07) is 25.2. The molecule has 0 radical (unpaired) electrons. The Morgan fingerprint density at radius 3 is 2.45 bits per heavy atom. The molecule has 2 aliphatic carbocycles. The third-order valence-corrected chi connectivity index (χ3v) is 13.9. The van der Waals surface area contributed by atoms with E-state index in [1.165, 1.54) is 4.90 Å². The molecule has 2 aliphatic heterocycles. The Labute approximate surface area is 316 Å². The maximum Gasteiger partial charge on any atom is 0.338 e. The number of carbonyl (C=O) groups is 4. The molecule has 4 aliphatic rings. The molecule has 2 bridgehead atoms. The fourth-order valence-electron chi connectivity index (χ4n) is 9.08. The summed E-state index contributed by atoms with van der Waals surface area (Å²) in [5, 5.41) is 6.15. The highest BCUT2D eigenvalue weighted by atomic mass is 35.5. The maximum absolute atomic E-state index is 14.3. The van der Waals surface area contributed by atoms with Gasteiger partial charge >= 0.3 is 10.8 Å². The molecule has 5 aromatic rings. The van der Waals surface area contributed by atoms with Gasteiger partial charge in [0.05, 0.1) is 34.7 Å². The van der Waals surface area contributed by atoms with Crippen molar-refractivity contribution in [3.05, 3.63) is 116 Å². The Kier molecular flexibility index (Phi) is 8.43. The summed E-state index contributed by atoms with van der Waals surface area (Å²) in [6.45, 7) is 1.70. The van der Waals surface area contributed by atoms with Crippen LogP contribution in [-0.2, 0) is 19.1 Å². The first-order chi connectivity index (χ1) is 25.7. The Morgan fingerprint density at radius 2 is 1.68 bits per heavy atom. The molecule has 3 fully saturated rings. The van der Waals surface area contributed by atoms with Crippen LogP contribution in [0, 0.1) is 29.6 Å². The third-order valence-electron chi connectivity index (χ3n) is 11.1. The standard InChI is InChI=1S/C40H32ClN3O7S2/c1-2-50-39(48)20-8-12-24(13-9-20)44-37(46)32-26-17-27(33(32)38(44)47)34-31(26)30(35-36(52-34)43-40(49)53-35)25-16-22(41)10-14-28(25)51-18-29(45)42-23-11-7-19-5-3-4-6-21(19)15-23/h3-16,26-27,30-34H,2,17-18H2,1H3,(H,42,45)(H,43,49)/t26-,27-,30-,31?,32?,33?,34?/m1/s1. The first-order valence-corrected chi connectivity index (χ1v) is 19.5. The summed E-state index contributed by atoms with van der Waals surface area (Å²) < 4.78 is 11.3. The third kappa shape index (κ3) is 5.66. The Bertz CT molecular complexity index is 2390. The molecule has 2 saturated carbocycles. The molecule has 10 nitrogen and oxygen atoms in total. The number of H-pyrrole nitrogens is 1. The smallest absolute Gasteiger partial charge is 0.338 e. The molecule has 1 saturated heterocycles. The number of halogens is 1. The van der Waals surface area contributed by atoms with Gasteiger partial charge in [0, 0.05) is 32.3 Å². The number of aromatic nitrogens is 1. The zero-order valence-electron chi connectivity index (χ0n) is 28.2. The van der Waals surface area contributed by atoms with Gasteiger partial charge in [0.25, 0.3) is 5.91 Å². The van der Waals surface area contributed by atoms with Crippen LogP contribution in [0.15, 0.2) is 94.7 Å². The Hall–Kier alpha value is -4.91. The number of carbonyl (C=O) groups excluding carboxylic acids is 4. The number of hydrogen-bond donors (Lipinski definition) is 2. The predicted molar refractivity (Wildman–Crippen MR) is 203 cm³/mol. The Morgan fingerprint density at radius 1 is 0.925 bits per heavy atom. The van der Waals surface area contributed by atoms with Gasteiger partial charge in [0.15, 0.2) is 6.61 Å². The second-order valence-electron chi connectivity index (χ2n) is 13.8. The number of fused-ring (bicyclic) bond motifs is 10. The van der Waals surface area contributed by atoms with Crippen LogP contribution in [0.2, 0.25) is 5.02 Å². The van der Waals surface area contributed by atoms with Crippen molar-refractivity contribution in [2.24, 2.45) is 29.6 Å². The minimum atomic E-state index is -0.532. The van der Waals surface area contributed by atoms with Gasteiger partial charge in [-0.15, -0.1) is 11.8 Å². The molecular formula is C40H32ClN3O7S2. The van der Waals surface area contributed by atoms with E-state index in [9.17, 15) is 24.0 Å². The summed E-state index contributed by atoms with van der Waals surface area (Å²) in [7, 11) is 0. The molecule has 1 aromatic heterocycles. The second-order valence-corrected chi connectivity index (χ2v) is 16.5. The summed E-state index contributed by atoms with van der Waals surface area (Å²) in [5.74, 6) is -2.59. The van der Waals surface area contributed by atoms with Gasteiger partial charge in [-0.05, 0) is 96.5 Å². The molecule has 3 heterocycles. The summed E-state index contributed by atoms with van der Waals surface area (Å²) in [6.07, 6.45) is 0.700. The fourth-order valence-corrected chi connectivity index (χ4v) is 12.1. The molecular weight excluding hydrogens is 734 g/mol. The number of imide groups is 1. The number of amides is 3. The molecule has 53 heavy (non-hydrogen) atoms. The highest BCUT2D eigenvalue weighted by molar-refractivity contribution is 8.00. The molecule has 268 valence electrons. The van der Waals surface area contributed by atoms with Crippen molar-refractivity contribution in [1.82, 2.24) is 4.98 Å². The molecule has 0 spiro atoms. The number of thiazole rings is 1. The second kappa shape index (κ2) is 13.2. The normalized spacial score (nSPS) is 25.2. The minimum Gasteiger partial charge on any atom is -0.483 e. The van der Waals surface area contributed by atoms with E-state index in [-0.39, 0.29) is 64.7 Å². The van der Waals surface area contributed by atoms with E-state index < -0.39 is 17.8 Å². The molecule has 9 rings (SSSR count). The van der Waals surface area contributed by atoms with E-state index in [1.807, 2.05) is 48.5 Å². The summed E-state index contributed by atoms with van der Waals surface area (Å²) >= 11 is 9.35.